The maximum atomic E-state index is 12.0. The van der Waals surface area contributed by atoms with Gasteiger partial charge in [-0.15, -0.1) is 11.3 Å². The number of carbonyl (C=O) groups excluding carboxylic acids is 1. The Morgan fingerprint density at radius 3 is 2.85 bits per heavy atom. The Kier molecular flexibility index (Phi) is 5.48. The van der Waals surface area contributed by atoms with E-state index < -0.39 is 10.9 Å². The lowest BCUT2D eigenvalue weighted by molar-refractivity contribution is -0.385. The quantitative estimate of drug-likeness (QED) is 0.206. The van der Waals surface area contributed by atoms with Crippen molar-refractivity contribution in [3.05, 3.63) is 56.7 Å². The van der Waals surface area contributed by atoms with Crippen molar-refractivity contribution in [2.75, 3.05) is 5.75 Å². The van der Waals surface area contributed by atoms with Crippen LogP contribution in [0.2, 0.25) is 0 Å². The van der Waals surface area contributed by atoms with Crippen molar-refractivity contribution in [2.24, 2.45) is 0 Å². The van der Waals surface area contributed by atoms with Gasteiger partial charge in [-0.1, -0.05) is 23.9 Å². The van der Waals surface area contributed by atoms with Crippen LogP contribution in [0.4, 0.5) is 5.69 Å². The van der Waals surface area contributed by atoms with Crippen molar-refractivity contribution in [3.8, 4) is 0 Å². The van der Waals surface area contributed by atoms with Crippen molar-refractivity contribution >= 4 is 45.0 Å². The van der Waals surface area contributed by atoms with Crippen molar-refractivity contribution in [1.29, 1.82) is 0 Å². The number of thioether (sulfide) groups is 1. The molecule has 26 heavy (non-hydrogen) atoms. The molecule has 0 saturated heterocycles. The summed E-state index contributed by atoms with van der Waals surface area (Å²) in [4.78, 5) is 33.1. The molecule has 0 fully saturated rings. The molecule has 0 aliphatic heterocycles. The van der Waals surface area contributed by atoms with Crippen LogP contribution in [0.25, 0.3) is 10.2 Å². The Balaban J connectivity index is 1.65. The fraction of sp³-hybridized carbons (Fsp3) is 0.235. The number of nitro benzene ring substituents is 1. The Morgan fingerprint density at radius 2 is 2.08 bits per heavy atom. The van der Waals surface area contributed by atoms with E-state index in [1.807, 2.05) is 13.8 Å². The fourth-order valence-corrected chi connectivity index (χ4v) is 4.31. The van der Waals surface area contributed by atoms with Crippen molar-refractivity contribution in [3.63, 3.8) is 0 Å². The number of para-hydroxylation sites is 1. The third-order valence-electron chi connectivity index (χ3n) is 3.83. The lowest BCUT2D eigenvalue weighted by Crippen LogP contribution is -2.08. The molecule has 2 aromatic heterocycles. The molecule has 7 nitrogen and oxygen atoms in total. The maximum absolute atomic E-state index is 12.0. The molecule has 0 spiro atoms. The van der Waals surface area contributed by atoms with Crippen LogP contribution in [-0.2, 0) is 16.1 Å². The van der Waals surface area contributed by atoms with Gasteiger partial charge in [0, 0.05) is 16.3 Å². The smallest absolute Gasteiger partial charge is 0.316 e. The van der Waals surface area contributed by atoms with Gasteiger partial charge in [0.25, 0.3) is 5.69 Å². The van der Waals surface area contributed by atoms with Gasteiger partial charge in [0.05, 0.1) is 16.2 Å². The predicted octanol–water partition coefficient (Wildman–Crippen LogP) is 4.05. The molecule has 0 radical (unpaired) electrons. The van der Waals surface area contributed by atoms with Gasteiger partial charge in [-0.2, -0.15) is 0 Å². The van der Waals surface area contributed by atoms with Crippen LogP contribution in [0.15, 0.2) is 35.6 Å². The zero-order valence-corrected chi connectivity index (χ0v) is 15.7. The van der Waals surface area contributed by atoms with Crippen LogP contribution in [0.5, 0.6) is 0 Å². The number of thiophene rings is 1. The highest BCUT2D eigenvalue weighted by molar-refractivity contribution is 8.00. The van der Waals surface area contributed by atoms with Crippen molar-refractivity contribution in [2.45, 2.75) is 25.5 Å². The van der Waals surface area contributed by atoms with Crippen molar-refractivity contribution < 1.29 is 14.5 Å². The highest BCUT2D eigenvalue weighted by Gasteiger charge is 2.16. The topological polar surface area (TPSA) is 95.2 Å². The number of aryl methyl sites for hydroxylation is 2. The monoisotopic (exact) mass is 389 g/mol. The first-order valence-corrected chi connectivity index (χ1v) is 9.49. The SMILES string of the molecule is Cc1sc2ncnc(SCC(=O)OCc3ccccc3[N+](=O)[O-])c2c1C. The fourth-order valence-electron chi connectivity index (χ4n) is 2.40. The van der Waals surface area contributed by atoms with Gasteiger partial charge in [-0.05, 0) is 25.5 Å². The second kappa shape index (κ2) is 7.79. The minimum Gasteiger partial charge on any atom is -0.460 e. The van der Waals surface area contributed by atoms with Crippen LogP contribution in [0.1, 0.15) is 16.0 Å². The molecule has 0 bridgehead atoms. The van der Waals surface area contributed by atoms with E-state index in [1.54, 1.807) is 29.5 Å². The number of aromatic nitrogens is 2. The Bertz CT molecular complexity index is 987. The molecule has 0 unspecified atom stereocenters. The van der Waals surface area contributed by atoms with E-state index in [0.717, 1.165) is 20.8 Å². The average Bonchev–Trinajstić information content (AvgIpc) is 2.93. The Morgan fingerprint density at radius 1 is 1.31 bits per heavy atom. The number of fused-ring (bicyclic) bond motifs is 1. The van der Waals surface area contributed by atoms with Gasteiger partial charge in [0.15, 0.2) is 0 Å². The second-order valence-electron chi connectivity index (χ2n) is 5.48. The van der Waals surface area contributed by atoms with Crippen LogP contribution in [0.3, 0.4) is 0 Å². The predicted molar refractivity (Wildman–Crippen MR) is 101 cm³/mol. The summed E-state index contributed by atoms with van der Waals surface area (Å²) in [5.41, 5.74) is 1.42. The molecule has 9 heteroatoms. The number of esters is 1. The summed E-state index contributed by atoms with van der Waals surface area (Å²) < 4.78 is 5.18. The highest BCUT2D eigenvalue weighted by Crippen LogP contribution is 2.34. The molecule has 134 valence electrons. The van der Waals surface area contributed by atoms with Gasteiger partial charge in [-0.25, -0.2) is 9.97 Å². The molecule has 3 rings (SSSR count). The summed E-state index contributed by atoms with van der Waals surface area (Å²) in [5.74, 6) is -0.384. The summed E-state index contributed by atoms with van der Waals surface area (Å²) in [6.45, 7) is 3.90. The first kappa shape index (κ1) is 18.3. The molecule has 2 heterocycles. The zero-order chi connectivity index (χ0) is 18.7. The standard InChI is InChI=1S/C17H15N3O4S2/c1-10-11(2)26-17-15(10)16(18-9-19-17)25-8-14(21)24-7-12-5-3-4-6-13(12)20(22)23/h3-6,9H,7-8H2,1-2H3. The molecule has 0 aliphatic rings. The average molecular weight is 389 g/mol. The summed E-state index contributed by atoms with van der Waals surface area (Å²) >= 11 is 2.87. The Hall–Kier alpha value is -2.52. The zero-order valence-electron chi connectivity index (χ0n) is 14.1. The normalized spacial score (nSPS) is 10.8. The number of hydrogen-bond donors (Lipinski definition) is 0. The van der Waals surface area contributed by atoms with Gasteiger partial charge in [0.2, 0.25) is 0 Å². The first-order chi connectivity index (χ1) is 12.5. The molecule has 1 aromatic carbocycles. The van der Waals surface area contributed by atoms with Crippen LogP contribution in [-0.4, -0.2) is 26.6 Å². The number of nitrogens with zero attached hydrogens (tertiary/aromatic N) is 3. The van der Waals surface area contributed by atoms with Gasteiger partial charge >= 0.3 is 5.97 Å². The first-order valence-electron chi connectivity index (χ1n) is 7.68. The number of benzene rings is 1. The molecule has 0 amide bonds. The number of ether oxygens (including phenoxy) is 1. The van der Waals surface area contributed by atoms with Gasteiger partial charge < -0.3 is 4.74 Å². The van der Waals surface area contributed by atoms with E-state index in [9.17, 15) is 14.9 Å². The van der Waals surface area contributed by atoms with Crippen LogP contribution in [0, 0.1) is 24.0 Å². The van der Waals surface area contributed by atoms with E-state index in [0.29, 0.717) is 5.56 Å². The molecule has 0 saturated carbocycles. The number of carbonyl (C=O) groups is 1. The minimum atomic E-state index is -0.489. The van der Waals surface area contributed by atoms with E-state index in [-0.39, 0.29) is 18.0 Å². The molecule has 0 N–H and O–H groups in total. The third-order valence-corrected chi connectivity index (χ3v) is 5.91. The number of hydrogen-bond acceptors (Lipinski definition) is 8. The highest BCUT2D eigenvalue weighted by atomic mass is 32.2. The molecule has 3 aromatic rings. The second-order valence-corrected chi connectivity index (χ2v) is 7.64. The van der Waals surface area contributed by atoms with Gasteiger partial charge in [0.1, 0.15) is 22.8 Å². The molecule has 0 atom stereocenters. The van der Waals surface area contributed by atoms with Crippen LogP contribution >= 0.6 is 23.1 Å². The molecular weight excluding hydrogens is 374 g/mol. The lowest BCUT2D eigenvalue weighted by Gasteiger charge is -2.06. The van der Waals surface area contributed by atoms with E-state index >= 15 is 0 Å². The van der Waals surface area contributed by atoms with Crippen molar-refractivity contribution in [1.82, 2.24) is 9.97 Å². The molecular formula is C17H15N3O4S2. The van der Waals surface area contributed by atoms with E-state index in [4.69, 9.17) is 4.74 Å². The summed E-state index contributed by atoms with van der Waals surface area (Å²) in [5, 5.41) is 12.7. The molecule has 0 aliphatic carbocycles. The van der Waals surface area contributed by atoms with Crippen LogP contribution < -0.4 is 0 Å². The van der Waals surface area contributed by atoms with Gasteiger partial charge in [-0.3, -0.25) is 14.9 Å². The lowest BCUT2D eigenvalue weighted by atomic mass is 10.2. The maximum Gasteiger partial charge on any atom is 0.316 e. The largest absolute Gasteiger partial charge is 0.460 e. The number of rotatable bonds is 6. The Labute approximate surface area is 157 Å². The van der Waals surface area contributed by atoms with E-state index in [2.05, 4.69) is 9.97 Å². The third kappa shape index (κ3) is 3.83. The van der Waals surface area contributed by atoms with E-state index in [1.165, 1.54) is 29.0 Å². The summed E-state index contributed by atoms with van der Waals surface area (Å²) in [6.07, 6.45) is 1.48. The number of nitro groups is 1. The minimum absolute atomic E-state index is 0.0603. The summed E-state index contributed by atoms with van der Waals surface area (Å²) in [6, 6.07) is 6.20. The summed E-state index contributed by atoms with van der Waals surface area (Å²) in [7, 11) is 0.